The Morgan fingerprint density at radius 2 is 1.69 bits per heavy atom. The maximum Gasteiger partial charge on any atom is 0.298 e. The molecule has 2 amide bonds. The average Bonchev–Trinajstić information content (AvgIpc) is 2.90. The number of benzene rings is 2. The molecule has 0 saturated carbocycles. The molecule has 1 N–H and O–H groups in total. The maximum atomic E-state index is 12.8. The van der Waals surface area contributed by atoms with Crippen molar-refractivity contribution in [2.45, 2.75) is 6.92 Å². The molecule has 3 rings (SSSR count). The molecule has 26 heavy (non-hydrogen) atoms. The van der Waals surface area contributed by atoms with Crippen molar-refractivity contribution in [2.24, 2.45) is 0 Å². The molecule has 0 spiro atoms. The van der Waals surface area contributed by atoms with Crippen LogP contribution in [0.5, 0.6) is 17.2 Å². The van der Waals surface area contributed by atoms with Crippen molar-refractivity contribution in [1.29, 1.82) is 0 Å². The summed E-state index contributed by atoms with van der Waals surface area (Å²) in [5.74, 6) is -0.0806. The maximum absolute atomic E-state index is 12.8. The van der Waals surface area contributed by atoms with Gasteiger partial charge in [0.1, 0.15) is 0 Å². The largest absolute Gasteiger partial charge is 0.502 e. The van der Waals surface area contributed by atoms with Crippen molar-refractivity contribution in [3.05, 3.63) is 52.4 Å². The van der Waals surface area contributed by atoms with Crippen LogP contribution in [0.25, 0.3) is 6.08 Å². The number of anilines is 1. The van der Waals surface area contributed by atoms with Gasteiger partial charge in [0.25, 0.3) is 11.1 Å². The first kappa shape index (κ1) is 17.9. The minimum absolute atomic E-state index is 0.125. The van der Waals surface area contributed by atoms with E-state index in [4.69, 9.17) is 9.47 Å². The van der Waals surface area contributed by atoms with Gasteiger partial charge in [0, 0.05) is 0 Å². The van der Waals surface area contributed by atoms with Gasteiger partial charge >= 0.3 is 0 Å². The zero-order valence-electron chi connectivity index (χ0n) is 14.5. The second-order valence-corrected chi connectivity index (χ2v) is 6.57. The highest BCUT2D eigenvalue weighted by atomic mass is 32.2. The zero-order valence-corrected chi connectivity index (χ0v) is 15.3. The van der Waals surface area contributed by atoms with Crippen LogP contribution < -0.4 is 14.4 Å². The molecule has 134 valence electrons. The number of aryl methyl sites for hydroxylation is 1. The second kappa shape index (κ2) is 7.13. The van der Waals surface area contributed by atoms with Gasteiger partial charge in [0.05, 0.1) is 24.8 Å². The number of carbonyl (C=O) groups is 2. The summed E-state index contributed by atoms with van der Waals surface area (Å²) in [5.41, 5.74) is 1.98. The number of hydrogen-bond donors (Lipinski definition) is 1. The van der Waals surface area contributed by atoms with Gasteiger partial charge in [-0.2, -0.15) is 0 Å². The van der Waals surface area contributed by atoms with Gasteiger partial charge in [-0.25, -0.2) is 4.90 Å². The number of imide groups is 1. The van der Waals surface area contributed by atoms with Crippen molar-refractivity contribution in [1.82, 2.24) is 0 Å². The average molecular weight is 371 g/mol. The van der Waals surface area contributed by atoms with Crippen LogP contribution in [-0.2, 0) is 4.79 Å². The smallest absolute Gasteiger partial charge is 0.298 e. The summed E-state index contributed by atoms with van der Waals surface area (Å²) in [6.07, 6.45) is 1.58. The van der Waals surface area contributed by atoms with E-state index in [1.807, 2.05) is 19.1 Å². The number of aromatic hydroxyl groups is 1. The molecule has 0 aromatic heterocycles. The molecule has 1 fully saturated rings. The van der Waals surface area contributed by atoms with Crippen molar-refractivity contribution in [2.75, 3.05) is 19.1 Å². The molecule has 1 aliphatic rings. The van der Waals surface area contributed by atoms with Crippen LogP contribution in [-0.4, -0.2) is 30.5 Å². The molecular weight excluding hydrogens is 354 g/mol. The van der Waals surface area contributed by atoms with Crippen molar-refractivity contribution < 1.29 is 24.2 Å². The molecule has 7 heteroatoms. The summed E-state index contributed by atoms with van der Waals surface area (Å²) in [6, 6.07) is 10.4. The topological polar surface area (TPSA) is 76.1 Å². The monoisotopic (exact) mass is 371 g/mol. The van der Waals surface area contributed by atoms with Crippen LogP contribution >= 0.6 is 11.8 Å². The lowest BCUT2D eigenvalue weighted by molar-refractivity contribution is -0.113. The standard InChI is InChI=1S/C19H17NO5S/c1-11-6-4-5-7-13(11)20-18(22)16(26-19(20)23)10-12-8-14(24-2)17(21)15(9-12)25-3/h4-10,21H,1-3H3/b16-10-. The highest BCUT2D eigenvalue weighted by Gasteiger charge is 2.36. The number of phenolic OH excluding ortho intramolecular Hbond substituents is 1. The first-order valence-corrected chi connectivity index (χ1v) is 8.56. The second-order valence-electron chi connectivity index (χ2n) is 5.58. The van der Waals surface area contributed by atoms with Gasteiger partial charge in [-0.1, -0.05) is 18.2 Å². The summed E-state index contributed by atoms with van der Waals surface area (Å²) in [7, 11) is 2.84. The predicted octanol–water partition coefficient (Wildman–Crippen LogP) is 3.96. The molecule has 1 heterocycles. The van der Waals surface area contributed by atoms with Crippen molar-refractivity contribution >= 4 is 34.7 Å². The van der Waals surface area contributed by atoms with E-state index in [-0.39, 0.29) is 33.3 Å². The molecular formula is C19H17NO5S. The summed E-state index contributed by atoms with van der Waals surface area (Å²) >= 11 is 0.866. The van der Waals surface area contributed by atoms with E-state index in [1.54, 1.807) is 30.3 Å². The Labute approximate surface area is 155 Å². The normalized spacial score (nSPS) is 15.7. The van der Waals surface area contributed by atoms with E-state index in [0.717, 1.165) is 17.3 Å². The molecule has 0 radical (unpaired) electrons. The summed E-state index contributed by atoms with van der Waals surface area (Å²) in [4.78, 5) is 26.6. The number of para-hydroxylation sites is 1. The third kappa shape index (κ3) is 3.13. The first-order valence-electron chi connectivity index (χ1n) is 7.75. The third-order valence-corrected chi connectivity index (χ3v) is 4.82. The quantitative estimate of drug-likeness (QED) is 0.820. The number of rotatable bonds is 4. The first-order chi connectivity index (χ1) is 12.5. The summed E-state index contributed by atoms with van der Waals surface area (Å²) < 4.78 is 10.2. The Hall–Kier alpha value is -2.93. The van der Waals surface area contributed by atoms with Gasteiger partial charge in [-0.3, -0.25) is 9.59 Å². The summed E-state index contributed by atoms with van der Waals surface area (Å²) in [5, 5.41) is 9.63. The molecule has 0 bridgehead atoms. The van der Waals surface area contributed by atoms with Crippen LogP contribution in [0, 0.1) is 6.92 Å². The molecule has 6 nitrogen and oxygen atoms in total. The molecule has 0 atom stereocenters. The fourth-order valence-corrected chi connectivity index (χ4v) is 3.47. The Kier molecular flexibility index (Phi) is 4.90. The number of phenols is 1. The lowest BCUT2D eigenvalue weighted by Gasteiger charge is -2.14. The van der Waals surface area contributed by atoms with Crippen LogP contribution in [0.3, 0.4) is 0 Å². The molecule has 0 unspecified atom stereocenters. The molecule has 1 saturated heterocycles. The van der Waals surface area contributed by atoms with Gasteiger partial charge in [-0.15, -0.1) is 0 Å². The summed E-state index contributed by atoms with van der Waals surface area (Å²) in [6.45, 7) is 1.85. The molecule has 2 aromatic rings. The Morgan fingerprint density at radius 3 is 2.27 bits per heavy atom. The van der Waals surface area contributed by atoms with Crippen molar-refractivity contribution in [3.8, 4) is 17.2 Å². The fraction of sp³-hybridized carbons (Fsp3) is 0.158. The van der Waals surface area contributed by atoms with Crippen LogP contribution in [0.1, 0.15) is 11.1 Å². The Morgan fingerprint density at radius 1 is 1.08 bits per heavy atom. The van der Waals surface area contributed by atoms with E-state index in [9.17, 15) is 14.7 Å². The minimum Gasteiger partial charge on any atom is -0.502 e. The predicted molar refractivity (Wildman–Crippen MR) is 101 cm³/mol. The van der Waals surface area contributed by atoms with E-state index in [1.165, 1.54) is 19.1 Å². The Bertz CT molecular complexity index is 897. The highest BCUT2D eigenvalue weighted by Crippen LogP contribution is 2.40. The Balaban J connectivity index is 2.00. The molecule has 0 aliphatic carbocycles. The number of nitrogens with zero attached hydrogens (tertiary/aromatic N) is 1. The van der Waals surface area contributed by atoms with E-state index in [0.29, 0.717) is 11.3 Å². The van der Waals surface area contributed by atoms with Gasteiger partial charge in [-0.05, 0) is 54.1 Å². The van der Waals surface area contributed by atoms with Crippen LogP contribution in [0.15, 0.2) is 41.3 Å². The fourth-order valence-electron chi connectivity index (χ4n) is 2.64. The van der Waals surface area contributed by atoms with E-state index < -0.39 is 0 Å². The van der Waals surface area contributed by atoms with E-state index >= 15 is 0 Å². The minimum atomic E-state index is -0.389. The lowest BCUT2D eigenvalue weighted by atomic mass is 10.1. The van der Waals surface area contributed by atoms with Crippen LogP contribution in [0.4, 0.5) is 10.5 Å². The third-order valence-electron chi connectivity index (χ3n) is 3.95. The number of methoxy groups -OCH3 is 2. The number of thioether (sulfide) groups is 1. The molecule has 2 aromatic carbocycles. The SMILES string of the molecule is COc1cc(/C=C2\SC(=O)N(c3ccccc3C)C2=O)cc(OC)c1O. The number of carbonyl (C=O) groups excluding carboxylic acids is 2. The number of ether oxygens (including phenoxy) is 2. The van der Waals surface area contributed by atoms with Gasteiger partial charge in [0.15, 0.2) is 11.5 Å². The van der Waals surface area contributed by atoms with Gasteiger partial charge < -0.3 is 14.6 Å². The zero-order chi connectivity index (χ0) is 18.8. The molecule has 1 aliphatic heterocycles. The van der Waals surface area contributed by atoms with Crippen LogP contribution in [0.2, 0.25) is 0 Å². The van der Waals surface area contributed by atoms with Crippen molar-refractivity contribution in [3.63, 3.8) is 0 Å². The lowest BCUT2D eigenvalue weighted by Crippen LogP contribution is -2.28. The van der Waals surface area contributed by atoms with E-state index in [2.05, 4.69) is 0 Å². The number of amides is 2. The number of hydrogen-bond acceptors (Lipinski definition) is 6. The van der Waals surface area contributed by atoms with Gasteiger partial charge in [0.2, 0.25) is 5.75 Å². The highest BCUT2D eigenvalue weighted by molar-refractivity contribution is 8.19.